The van der Waals surface area contributed by atoms with Crippen LogP contribution in [0.15, 0.2) is 36.7 Å². The van der Waals surface area contributed by atoms with Crippen LogP contribution in [0.2, 0.25) is 0 Å². The molecule has 0 unspecified atom stereocenters. The molecule has 1 aromatic heterocycles. The largest absolute Gasteiger partial charge is 0.275 e. The summed E-state index contributed by atoms with van der Waals surface area (Å²) in [6.07, 6.45) is 6.30. The molecule has 0 aliphatic heterocycles. The highest BCUT2D eigenvalue weighted by Crippen LogP contribution is 2.23. The van der Waals surface area contributed by atoms with Crippen molar-refractivity contribution < 1.29 is 0 Å². The molecule has 78 valence electrons. The van der Waals surface area contributed by atoms with Crippen LogP contribution in [0.4, 0.5) is 0 Å². The van der Waals surface area contributed by atoms with E-state index in [1.165, 1.54) is 23.1 Å². The van der Waals surface area contributed by atoms with Gasteiger partial charge in [0, 0.05) is 18.8 Å². The summed E-state index contributed by atoms with van der Waals surface area (Å²) in [6.45, 7) is 2.21. The van der Waals surface area contributed by atoms with E-state index in [4.69, 9.17) is 0 Å². The van der Waals surface area contributed by atoms with E-state index in [1.54, 1.807) is 0 Å². The van der Waals surface area contributed by atoms with Gasteiger partial charge in [0.05, 0.1) is 6.20 Å². The predicted octanol–water partition coefficient (Wildman–Crippen LogP) is 3.04. The van der Waals surface area contributed by atoms with Gasteiger partial charge in [-0.2, -0.15) is 5.10 Å². The molecule has 1 heterocycles. The zero-order valence-corrected chi connectivity index (χ0v) is 9.27. The van der Waals surface area contributed by atoms with E-state index in [0.717, 1.165) is 6.42 Å². The second-order valence-electron chi connectivity index (χ2n) is 3.81. The Kier molecular flexibility index (Phi) is 2.86. The first kappa shape index (κ1) is 9.97. The Labute approximate surface area is 90.6 Å². The van der Waals surface area contributed by atoms with Crippen molar-refractivity contribution >= 4 is 0 Å². The Balaban J connectivity index is 2.42. The zero-order chi connectivity index (χ0) is 10.7. The monoisotopic (exact) mass is 200 g/mol. The molecular weight excluding hydrogens is 184 g/mol. The molecule has 0 saturated carbocycles. The van der Waals surface area contributed by atoms with Crippen LogP contribution >= 0.6 is 0 Å². The lowest BCUT2D eigenvalue weighted by Crippen LogP contribution is -1.88. The topological polar surface area (TPSA) is 17.8 Å². The van der Waals surface area contributed by atoms with E-state index in [2.05, 4.69) is 42.5 Å². The number of nitrogens with zero attached hydrogens (tertiary/aromatic N) is 2. The van der Waals surface area contributed by atoms with Gasteiger partial charge in [-0.25, -0.2) is 0 Å². The minimum Gasteiger partial charge on any atom is -0.275 e. The Morgan fingerprint density at radius 2 is 2.07 bits per heavy atom. The second kappa shape index (κ2) is 4.30. The predicted molar refractivity (Wildman–Crippen MR) is 62.6 cm³/mol. The van der Waals surface area contributed by atoms with E-state index < -0.39 is 0 Å². The number of rotatable bonds is 3. The maximum absolute atomic E-state index is 4.21. The smallest absolute Gasteiger partial charge is 0.0568 e. The SMILES string of the molecule is CCCc1ccccc1-c1cnn(C)c1. The van der Waals surface area contributed by atoms with Crippen molar-refractivity contribution in [3.8, 4) is 11.1 Å². The van der Waals surface area contributed by atoms with Gasteiger partial charge < -0.3 is 0 Å². The van der Waals surface area contributed by atoms with E-state index in [9.17, 15) is 0 Å². The van der Waals surface area contributed by atoms with Crippen LogP contribution in [0.1, 0.15) is 18.9 Å². The number of aryl methyl sites for hydroxylation is 2. The molecule has 15 heavy (non-hydrogen) atoms. The number of benzene rings is 1. The molecule has 0 fully saturated rings. The minimum atomic E-state index is 1.13. The van der Waals surface area contributed by atoms with Crippen LogP contribution in [0.5, 0.6) is 0 Å². The van der Waals surface area contributed by atoms with Crippen LogP contribution in [0, 0.1) is 0 Å². The third kappa shape index (κ3) is 2.09. The Morgan fingerprint density at radius 1 is 1.27 bits per heavy atom. The van der Waals surface area contributed by atoms with Crippen molar-refractivity contribution in [2.45, 2.75) is 19.8 Å². The first-order valence-corrected chi connectivity index (χ1v) is 5.38. The van der Waals surface area contributed by atoms with E-state index in [-0.39, 0.29) is 0 Å². The number of hydrogen-bond acceptors (Lipinski definition) is 1. The van der Waals surface area contributed by atoms with Gasteiger partial charge in [0.15, 0.2) is 0 Å². The fourth-order valence-electron chi connectivity index (χ4n) is 1.85. The van der Waals surface area contributed by atoms with Gasteiger partial charge in [0.2, 0.25) is 0 Å². The molecule has 0 radical (unpaired) electrons. The van der Waals surface area contributed by atoms with Gasteiger partial charge in [-0.05, 0) is 17.5 Å². The molecule has 0 aliphatic carbocycles. The summed E-state index contributed by atoms with van der Waals surface area (Å²) in [7, 11) is 1.95. The molecule has 1 aromatic carbocycles. The van der Waals surface area contributed by atoms with E-state index in [0.29, 0.717) is 0 Å². The lowest BCUT2D eigenvalue weighted by molar-refractivity contribution is 0.768. The molecule has 0 bridgehead atoms. The van der Waals surface area contributed by atoms with Gasteiger partial charge in [0.25, 0.3) is 0 Å². The van der Waals surface area contributed by atoms with Crippen LogP contribution in [-0.4, -0.2) is 9.78 Å². The lowest BCUT2D eigenvalue weighted by atomic mass is 9.99. The second-order valence-corrected chi connectivity index (χ2v) is 3.81. The molecule has 0 saturated heterocycles. The van der Waals surface area contributed by atoms with Gasteiger partial charge >= 0.3 is 0 Å². The Bertz CT molecular complexity index is 443. The zero-order valence-electron chi connectivity index (χ0n) is 9.27. The summed E-state index contributed by atoms with van der Waals surface area (Å²) in [5.74, 6) is 0. The van der Waals surface area contributed by atoms with E-state index >= 15 is 0 Å². The van der Waals surface area contributed by atoms with Crippen LogP contribution in [-0.2, 0) is 13.5 Å². The summed E-state index contributed by atoms with van der Waals surface area (Å²) >= 11 is 0. The fraction of sp³-hybridized carbons (Fsp3) is 0.308. The van der Waals surface area contributed by atoms with Crippen LogP contribution in [0.3, 0.4) is 0 Å². The maximum atomic E-state index is 4.21. The fourth-order valence-corrected chi connectivity index (χ4v) is 1.85. The summed E-state index contributed by atoms with van der Waals surface area (Å²) in [5.41, 5.74) is 3.93. The van der Waals surface area contributed by atoms with Gasteiger partial charge in [-0.1, -0.05) is 37.6 Å². The van der Waals surface area contributed by atoms with Crippen molar-refractivity contribution in [1.82, 2.24) is 9.78 Å². The maximum Gasteiger partial charge on any atom is 0.0568 e. The lowest BCUT2D eigenvalue weighted by Gasteiger charge is -2.05. The average Bonchev–Trinajstić information content (AvgIpc) is 2.66. The van der Waals surface area contributed by atoms with E-state index in [1.807, 2.05) is 17.9 Å². The van der Waals surface area contributed by atoms with Crippen LogP contribution < -0.4 is 0 Å². The average molecular weight is 200 g/mol. The summed E-state index contributed by atoms with van der Waals surface area (Å²) in [4.78, 5) is 0. The molecule has 2 aromatic rings. The van der Waals surface area contributed by atoms with Gasteiger partial charge in [-0.3, -0.25) is 4.68 Å². The number of hydrogen-bond donors (Lipinski definition) is 0. The number of aromatic nitrogens is 2. The van der Waals surface area contributed by atoms with Crippen molar-refractivity contribution in [2.75, 3.05) is 0 Å². The third-order valence-electron chi connectivity index (χ3n) is 2.55. The first-order chi connectivity index (χ1) is 7.31. The summed E-state index contributed by atoms with van der Waals surface area (Å²) in [5, 5.41) is 4.21. The molecule has 0 spiro atoms. The molecular formula is C13H16N2. The summed E-state index contributed by atoms with van der Waals surface area (Å²) < 4.78 is 1.85. The Hall–Kier alpha value is -1.57. The van der Waals surface area contributed by atoms with Crippen molar-refractivity contribution in [2.24, 2.45) is 7.05 Å². The Morgan fingerprint density at radius 3 is 2.73 bits per heavy atom. The molecule has 0 N–H and O–H groups in total. The van der Waals surface area contributed by atoms with Gasteiger partial charge in [0.1, 0.15) is 0 Å². The molecule has 0 amide bonds. The third-order valence-corrected chi connectivity index (χ3v) is 2.55. The highest BCUT2D eigenvalue weighted by molar-refractivity contribution is 5.65. The minimum absolute atomic E-state index is 1.13. The summed E-state index contributed by atoms with van der Waals surface area (Å²) in [6, 6.07) is 8.56. The molecule has 0 aliphatic rings. The van der Waals surface area contributed by atoms with Crippen molar-refractivity contribution in [3.05, 3.63) is 42.2 Å². The molecule has 2 nitrogen and oxygen atoms in total. The highest BCUT2D eigenvalue weighted by atomic mass is 15.2. The van der Waals surface area contributed by atoms with Gasteiger partial charge in [-0.15, -0.1) is 0 Å². The first-order valence-electron chi connectivity index (χ1n) is 5.38. The molecule has 2 rings (SSSR count). The standard InChI is InChI=1S/C13H16N2/c1-3-6-11-7-4-5-8-13(11)12-9-14-15(2)10-12/h4-5,7-10H,3,6H2,1-2H3. The quantitative estimate of drug-likeness (QED) is 0.744. The van der Waals surface area contributed by atoms with Crippen molar-refractivity contribution in [1.29, 1.82) is 0 Å². The highest BCUT2D eigenvalue weighted by Gasteiger charge is 2.04. The van der Waals surface area contributed by atoms with Crippen molar-refractivity contribution in [3.63, 3.8) is 0 Å². The van der Waals surface area contributed by atoms with Crippen LogP contribution in [0.25, 0.3) is 11.1 Å². The normalized spacial score (nSPS) is 10.5. The molecule has 2 heteroatoms. The molecule has 0 atom stereocenters.